The smallest absolute Gasteiger partial charge is 0.337 e. The minimum Gasteiger partial charge on any atom is -0.478 e. The monoisotopic (exact) mass is 341 g/mol. The molecule has 0 aliphatic carbocycles. The van der Waals surface area contributed by atoms with Gasteiger partial charge in [0.2, 0.25) is 0 Å². The highest BCUT2D eigenvalue weighted by Gasteiger charge is 2.17. The first-order chi connectivity index (χ1) is 12.2. The molecular formula is C21H27NO3. The van der Waals surface area contributed by atoms with E-state index in [1.807, 2.05) is 36.4 Å². The van der Waals surface area contributed by atoms with E-state index in [-0.39, 0.29) is 0 Å². The first-order valence-electron chi connectivity index (χ1n) is 9.00. The van der Waals surface area contributed by atoms with E-state index in [0.29, 0.717) is 11.3 Å². The van der Waals surface area contributed by atoms with Gasteiger partial charge in [0.05, 0.1) is 11.3 Å². The lowest BCUT2D eigenvalue weighted by Crippen LogP contribution is -2.27. The van der Waals surface area contributed by atoms with Gasteiger partial charge in [-0.05, 0) is 37.1 Å². The number of unbranched alkanes of at least 4 members (excludes halogenated alkanes) is 2. The number of anilines is 1. The fourth-order valence-corrected chi connectivity index (χ4v) is 2.69. The van der Waals surface area contributed by atoms with Crippen LogP contribution >= 0.6 is 0 Å². The van der Waals surface area contributed by atoms with E-state index < -0.39 is 5.97 Å². The maximum Gasteiger partial charge on any atom is 0.337 e. The highest BCUT2D eigenvalue weighted by molar-refractivity contribution is 5.95. The van der Waals surface area contributed by atoms with E-state index in [4.69, 9.17) is 4.74 Å². The molecule has 0 heterocycles. The second kappa shape index (κ2) is 9.72. The van der Waals surface area contributed by atoms with E-state index in [2.05, 4.69) is 18.7 Å². The van der Waals surface area contributed by atoms with Crippen LogP contribution in [0.2, 0.25) is 0 Å². The molecule has 25 heavy (non-hydrogen) atoms. The Morgan fingerprint density at radius 1 is 0.960 bits per heavy atom. The maximum absolute atomic E-state index is 11.7. The molecule has 0 fully saturated rings. The Balaban J connectivity index is 2.33. The Morgan fingerprint density at radius 3 is 2.16 bits per heavy atom. The van der Waals surface area contributed by atoms with Crippen molar-refractivity contribution in [3.63, 3.8) is 0 Å². The number of aromatic carboxylic acids is 1. The topological polar surface area (TPSA) is 49.8 Å². The van der Waals surface area contributed by atoms with Gasteiger partial charge in [0.15, 0.2) is 0 Å². The third kappa shape index (κ3) is 5.52. The second-order valence-electron chi connectivity index (χ2n) is 6.09. The number of carbonyl (C=O) groups is 1. The van der Waals surface area contributed by atoms with E-state index in [9.17, 15) is 9.90 Å². The largest absolute Gasteiger partial charge is 0.478 e. The summed E-state index contributed by atoms with van der Waals surface area (Å²) in [5.41, 5.74) is 1.07. The normalized spacial score (nSPS) is 10.5. The molecule has 2 aromatic carbocycles. The number of hydrogen-bond acceptors (Lipinski definition) is 3. The highest BCUT2D eigenvalue weighted by Crippen LogP contribution is 2.30. The number of para-hydroxylation sites is 1. The van der Waals surface area contributed by atoms with Crippen molar-refractivity contribution in [2.75, 3.05) is 18.0 Å². The van der Waals surface area contributed by atoms with E-state index >= 15 is 0 Å². The lowest BCUT2D eigenvalue weighted by Gasteiger charge is -2.26. The number of ether oxygens (including phenoxy) is 1. The fourth-order valence-electron chi connectivity index (χ4n) is 2.69. The predicted octanol–water partition coefficient (Wildman–Crippen LogP) is 5.58. The molecule has 0 saturated heterocycles. The molecule has 0 unspecified atom stereocenters. The van der Waals surface area contributed by atoms with Gasteiger partial charge in [-0.25, -0.2) is 4.79 Å². The van der Waals surface area contributed by atoms with Gasteiger partial charge in [-0.2, -0.15) is 0 Å². The molecule has 0 atom stereocenters. The Bertz CT molecular complexity index is 662. The van der Waals surface area contributed by atoms with Crippen LogP contribution in [0.4, 0.5) is 5.69 Å². The van der Waals surface area contributed by atoms with Crippen molar-refractivity contribution < 1.29 is 14.6 Å². The summed E-state index contributed by atoms with van der Waals surface area (Å²) in [7, 11) is 0. The summed E-state index contributed by atoms with van der Waals surface area (Å²) in [5, 5.41) is 9.58. The quantitative estimate of drug-likeness (QED) is 0.612. The SMILES string of the molecule is CCCCN(CCCC)c1cc(Oc2ccccc2)ccc1C(=O)O. The molecule has 0 saturated carbocycles. The van der Waals surface area contributed by atoms with Crippen LogP contribution in [0.3, 0.4) is 0 Å². The molecule has 2 rings (SSSR count). The number of carboxylic acid groups (broad SMARTS) is 1. The Labute approximate surface area is 150 Å². The van der Waals surface area contributed by atoms with Gasteiger partial charge in [-0.1, -0.05) is 44.9 Å². The zero-order valence-corrected chi connectivity index (χ0v) is 15.1. The molecule has 0 aliphatic rings. The van der Waals surface area contributed by atoms with Gasteiger partial charge in [0, 0.05) is 19.2 Å². The number of benzene rings is 2. The Hall–Kier alpha value is -2.49. The van der Waals surface area contributed by atoms with Gasteiger partial charge < -0.3 is 14.7 Å². The van der Waals surface area contributed by atoms with Gasteiger partial charge in [-0.3, -0.25) is 0 Å². The minimum absolute atomic E-state index is 0.326. The summed E-state index contributed by atoms with van der Waals surface area (Å²) in [6, 6.07) is 14.7. The second-order valence-corrected chi connectivity index (χ2v) is 6.09. The molecule has 0 aliphatic heterocycles. The molecule has 1 N–H and O–H groups in total. The first kappa shape index (κ1) is 18.8. The Morgan fingerprint density at radius 2 is 1.60 bits per heavy atom. The third-order valence-corrected chi connectivity index (χ3v) is 4.08. The van der Waals surface area contributed by atoms with Crippen LogP contribution in [-0.4, -0.2) is 24.2 Å². The molecule has 0 bridgehead atoms. The predicted molar refractivity (Wildman–Crippen MR) is 102 cm³/mol. The van der Waals surface area contributed by atoms with E-state index in [1.54, 1.807) is 12.1 Å². The molecule has 0 spiro atoms. The van der Waals surface area contributed by atoms with Gasteiger partial charge >= 0.3 is 5.97 Å². The van der Waals surface area contributed by atoms with Gasteiger partial charge in [0.1, 0.15) is 11.5 Å². The van der Waals surface area contributed by atoms with Crippen molar-refractivity contribution in [3.8, 4) is 11.5 Å². The number of nitrogens with zero attached hydrogens (tertiary/aromatic N) is 1. The van der Waals surface area contributed by atoms with Crippen LogP contribution in [0, 0.1) is 0 Å². The van der Waals surface area contributed by atoms with Crippen LogP contribution in [0.5, 0.6) is 11.5 Å². The molecule has 0 amide bonds. The van der Waals surface area contributed by atoms with Crippen molar-refractivity contribution in [2.24, 2.45) is 0 Å². The van der Waals surface area contributed by atoms with Crippen molar-refractivity contribution in [2.45, 2.75) is 39.5 Å². The van der Waals surface area contributed by atoms with Gasteiger partial charge in [-0.15, -0.1) is 0 Å². The number of hydrogen-bond donors (Lipinski definition) is 1. The van der Waals surface area contributed by atoms with Gasteiger partial charge in [0.25, 0.3) is 0 Å². The zero-order chi connectivity index (χ0) is 18.1. The lowest BCUT2D eigenvalue weighted by molar-refractivity contribution is 0.0697. The van der Waals surface area contributed by atoms with Crippen LogP contribution in [0.15, 0.2) is 48.5 Å². The molecule has 4 heteroatoms. The highest BCUT2D eigenvalue weighted by atomic mass is 16.5. The van der Waals surface area contributed by atoms with Crippen LogP contribution in [0.25, 0.3) is 0 Å². The first-order valence-corrected chi connectivity index (χ1v) is 9.00. The average Bonchev–Trinajstić information content (AvgIpc) is 2.62. The average molecular weight is 341 g/mol. The molecular weight excluding hydrogens is 314 g/mol. The van der Waals surface area contributed by atoms with E-state index in [0.717, 1.165) is 50.2 Å². The molecule has 134 valence electrons. The summed E-state index contributed by atoms with van der Waals surface area (Å²) < 4.78 is 5.89. The summed E-state index contributed by atoms with van der Waals surface area (Å²) in [6.07, 6.45) is 4.22. The summed E-state index contributed by atoms with van der Waals surface area (Å²) in [5.74, 6) is 0.494. The Kier molecular flexibility index (Phi) is 7.33. The molecule has 4 nitrogen and oxygen atoms in total. The fraction of sp³-hybridized carbons (Fsp3) is 0.381. The molecule has 0 radical (unpaired) electrons. The molecule has 2 aromatic rings. The van der Waals surface area contributed by atoms with Crippen LogP contribution in [-0.2, 0) is 0 Å². The van der Waals surface area contributed by atoms with E-state index in [1.165, 1.54) is 0 Å². The zero-order valence-electron chi connectivity index (χ0n) is 15.1. The maximum atomic E-state index is 11.7. The summed E-state index contributed by atoms with van der Waals surface area (Å²) in [4.78, 5) is 13.9. The van der Waals surface area contributed by atoms with Crippen molar-refractivity contribution in [1.29, 1.82) is 0 Å². The number of carboxylic acids is 1. The van der Waals surface area contributed by atoms with Crippen molar-refractivity contribution >= 4 is 11.7 Å². The minimum atomic E-state index is -0.903. The van der Waals surface area contributed by atoms with Crippen LogP contribution in [0.1, 0.15) is 49.9 Å². The molecule has 0 aromatic heterocycles. The van der Waals surface area contributed by atoms with Crippen molar-refractivity contribution in [3.05, 3.63) is 54.1 Å². The third-order valence-electron chi connectivity index (χ3n) is 4.08. The summed E-state index contributed by atoms with van der Waals surface area (Å²) >= 11 is 0. The van der Waals surface area contributed by atoms with Crippen molar-refractivity contribution in [1.82, 2.24) is 0 Å². The summed E-state index contributed by atoms with van der Waals surface area (Å²) in [6.45, 7) is 5.99. The lowest BCUT2D eigenvalue weighted by atomic mass is 10.1. The standard InChI is InChI=1S/C21H27NO3/c1-3-5-14-22(15-6-4-2)20-16-18(12-13-19(20)21(23)24)25-17-10-8-7-9-11-17/h7-13,16H,3-6,14-15H2,1-2H3,(H,23,24). The van der Waals surface area contributed by atoms with Crippen LogP contribution < -0.4 is 9.64 Å². The number of rotatable bonds is 10.